The maximum absolute atomic E-state index is 13.5. The molecule has 1 saturated carbocycles. The van der Waals surface area contributed by atoms with E-state index < -0.39 is 30.1 Å². The van der Waals surface area contributed by atoms with Crippen LogP contribution in [0.5, 0.6) is 0 Å². The van der Waals surface area contributed by atoms with Crippen molar-refractivity contribution in [2.24, 2.45) is 5.92 Å². The number of nitrogens with zero attached hydrogens (tertiary/aromatic N) is 1. The molecule has 0 aromatic heterocycles. The Kier molecular flexibility index (Phi) is 3.78. The van der Waals surface area contributed by atoms with E-state index in [2.05, 4.69) is 0 Å². The Balaban J connectivity index is 2.19. The monoisotopic (exact) mass is 269 g/mol. The van der Waals surface area contributed by atoms with E-state index in [1.165, 1.54) is 0 Å². The van der Waals surface area contributed by atoms with Gasteiger partial charge in [0.1, 0.15) is 18.2 Å². The summed E-state index contributed by atoms with van der Waals surface area (Å²) in [5.74, 6) is -3.34. The molecule has 1 aliphatic carbocycles. The van der Waals surface area contributed by atoms with Gasteiger partial charge in [0, 0.05) is 12.6 Å². The highest BCUT2D eigenvalue weighted by Crippen LogP contribution is 2.30. The molecule has 1 aromatic carbocycles. The summed E-state index contributed by atoms with van der Waals surface area (Å²) in [5, 5.41) is 8.78. The average molecular weight is 269 g/mol. The summed E-state index contributed by atoms with van der Waals surface area (Å²) in [6.07, 6.45) is 1.88. The van der Waals surface area contributed by atoms with Gasteiger partial charge in [-0.25, -0.2) is 8.78 Å². The quantitative estimate of drug-likeness (QED) is 0.888. The Morgan fingerprint density at radius 1 is 1.32 bits per heavy atom. The fraction of sp³-hybridized carbons (Fsp3) is 0.385. The molecule has 4 nitrogen and oxygen atoms in total. The number of carbonyl (C=O) groups excluding carboxylic acids is 1. The van der Waals surface area contributed by atoms with Crippen LogP contribution < -0.4 is 0 Å². The molecule has 1 aromatic rings. The molecule has 0 heterocycles. The van der Waals surface area contributed by atoms with Gasteiger partial charge in [-0.05, 0) is 30.9 Å². The van der Waals surface area contributed by atoms with Crippen molar-refractivity contribution in [1.82, 2.24) is 4.90 Å². The molecule has 1 amide bonds. The van der Waals surface area contributed by atoms with E-state index in [0.29, 0.717) is 12.6 Å². The average Bonchev–Trinajstić information content (AvgIpc) is 3.10. The van der Waals surface area contributed by atoms with Gasteiger partial charge in [-0.2, -0.15) is 0 Å². The Morgan fingerprint density at radius 2 is 2.00 bits per heavy atom. The lowest BCUT2D eigenvalue weighted by atomic mass is 10.1. The number of halogens is 2. The van der Waals surface area contributed by atoms with Crippen molar-refractivity contribution < 1.29 is 23.5 Å². The predicted octanol–water partition coefficient (Wildman–Crippen LogP) is 1.90. The van der Waals surface area contributed by atoms with Crippen molar-refractivity contribution in [3.8, 4) is 0 Å². The smallest absolute Gasteiger partial charge is 0.323 e. The van der Waals surface area contributed by atoms with Crippen LogP contribution in [0.2, 0.25) is 0 Å². The van der Waals surface area contributed by atoms with Crippen molar-refractivity contribution in [3.05, 3.63) is 35.4 Å². The second-order valence-corrected chi connectivity index (χ2v) is 4.65. The van der Waals surface area contributed by atoms with Crippen molar-refractivity contribution in [2.75, 3.05) is 13.1 Å². The predicted molar refractivity (Wildman–Crippen MR) is 62.6 cm³/mol. The highest BCUT2D eigenvalue weighted by Gasteiger charge is 2.29. The van der Waals surface area contributed by atoms with Gasteiger partial charge < -0.3 is 10.0 Å². The van der Waals surface area contributed by atoms with Crippen LogP contribution in [0.1, 0.15) is 23.2 Å². The number of hydrogen-bond acceptors (Lipinski definition) is 2. The molecule has 2 rings (SSSR count). The molecule has 0 bridgehead atoms. The molecular formula is C13H13F2NO3. The van der Waals surface area contributed by atoms with Crippen molar-refractivity contribution in [1.29, 1.82) is 0 Å². The van der Waals surface area contributed by atoms with Gasteiger partial charge in [0.25, 0.3) is 5.91 Å². The van der Waals surface area contributed by atoms with Crippen LogP contribution in [-0.2, 0) is 4.79 Å². The number of hydrogen-bond donors (Lipinski definition) is 1. The first-order chi connectivity index (χ1) is 8.97. The zero-order chi connectivity index (χ0) is 14.0. The van der Waals surface area contributed by atoms with Gasteiger partial charge in [-0.15, -0.1) is 0 Å². The normalized spacial score (nSPS) is 14.2. The van der Waals surface area contributed by atoms with Crippen LogP contribution >= 0.6 is 0 Å². The molecule has 1 aliphatic rings. The Hall–Kier alpha value is -1.98. The molecule has 0 spiro atoms. The van der Waals surface area contributed by atoms with E-state index in [0.717, 1.165) is 29.9 Å². The van der Waals surface area contributed by atoms with Crippen molar-refractivity contribution in [2.45, 2.75) is 12.8 Å². The van der Waals surface area contributed by atoms with E-state index in [4.69, 9.17) is 5.11 Å². The minimum Gasteiger partial charge on any atom is -0.480 e. The molecule has 102 valence electrons. The number of aliphatic carboxylic acids is 1. The summed E-state index contributed by atoms with van der Waals surface area (Å²) in [6.45, 7) is -0.186. The minimum atomic E-state index is -1.16. The van der Waals surface area contributed by atoms with E-state index in [-0.39, 0.29) is 11.5 Å². The Morgan fingerprint density at radius 3 is 2.53 bits per heavy atom. The van der Waals surface area contributed by atoms with E-state index in [1.807, 2.05) is 0 Å². The lowest BCUT2D eigenvalue weighted by molar-refractivity contribution is -0.137. The maximum Gasteiger partial charge on any atom is 0.323 e. The summed E-state index contributed by atoms with van der Waals surface area (Å²) in [5.41, 5.74) is -0.302. The van der Waals surface area contributed by atoms with Crippen LogP contribution in [0, 0.1) is 17.6 Å². The molecule has 6 heteroatoms. The molecular weight excluding hydrogens is 256 g/mol. The van der Waals surface area contributed by atoms with Crippen LogP contribution in [-0.4, -0.2) is 35.0 Å². The zero-order valence-corrected chi connectivity index (χ0v) is 10.1. The summed E-state index contributed by atoms with van der Waals surface area (Å²) in [4.78, 5) is 23.9. The summed E-state index contributed by atoms with van der Waals surface area (Å²) in [7, 11) is 0. The van der Waals surface area contributed by atoms with E-state index in [9.17, 15) is 18.4 Å². The molecule has 0 aliphatic heterocycles. The first-order valence-electron chi connectivity index (χ1n) is 5.93. The van der Waals surface area contributed by atoms with Crippen molar-refractivity contribution >= 4 is 11.9 Å². The van der Waals surface area contributed by atoms with E-state index >= 15 is 0 Å². The second-order valence-electron chi connectivity index (χ2n) is 4.65. The van der Waals surface area contributed by atoms with Gasteiger partial charge in [0.05, 0.1) is 5.56 Å². The first-order valence-corrected chi connectivity index (χ1v) is 5.93. The molecule has 0 saturated heterocycles. The van der Waals surface area contributed by atoms with Crippen LogP contribution in [0.25, 0.3) is 0 Å². The Bertz CT molecular complexity index is 515. The number of carboxylic acid groups (broad SMARTS) is 1. The molecule has 19 heavy (non-hydrogen) atoms. The molecule has 0 radical (unpaired) electrons. The van der Waals surface area contributed by atoms with Gasteiger partial charge in [0.15, 0.2) is 0 Å². The summed E-state index contributed by atoms with van der Waals surface area (Å²) < 4.78 is 26.3. The summed E-state index contributed by atoms with van der Waals surface area (Å²) >= 11 is 0. The number of carboxylic acids is 1. The van der Waals surface area contributed by atoms with Crippen LogP contribution in [0.4, 0.5) is 8.78 Å². The highest BCUT2D eigenvalue weighted by molar-refractivity contribution is 5.96. The SMILES string of the molecule is O=C(O)CN(CC1CC1)C(=O)c1ccc(F)cc1F. The van der Waals surface area contributed by atoms with Crippen LogP contribution in [0.3, 0.4) is 0 Å². The number of rotatable bonds is 5. The van der Waals surface area contributed by atoms with Crippen LogP contribution in [0.15, 0.2) is 18.2 Å². The second kappa shape index (κ2) is 5.34. The van der Waals surface area contributed by atoms with Gasteiger partial charge in [0.2, 0.25) is 0 Å². The molecule has 1 fully saturated rings. The lowest BCUT2D eigenvalue weighted by Crippen LogP contribution is -2.37. The maximum atomic E-state index is 13.5. The van der Waals surface area contributed by atoms with Gasteiger partial charge >= 0.3 is 5.97 Å². The number of benzene rings is 1. The molecule has 1 N–H and O–H groups in total. The van der Waals surface area contributed by atoms with E-state index in [1.54, 1.807) is 0 Å². The van der Waals surface area contributed by atoms with Gasteiger partial charge in [-0.3, -0.25) is 9.59 Å². The minimum absolute atomic E-state index is 0.284. The lowest BCUT2D eigenvalue weighted by Gasteiger charge is -2.20. The number of amides is 1. The Labute approximate surface area is 108 Å². The van der Waals surface area contributed by atoms with Crippen molar-refractivity contribution in [3.63, 3.8) is 0 Å². The third-order valence-electron chi connectivity index (χ3n) is 2.95. The molecule has 0 atom stereocenters. The van der Waals surface area contributed by atoms with Gasteiger partial charge in [-0.1, -0.05) is 0 Å². The topological polar surface area (TPSA) is 57.6 Å². The first kappa shape index (κ1) is 13.5. The highest BCUT2D eigenvalue weighted by atomic mass is 19.1. The summed E-state index contributed by atoms with van der Waals surface area (Å²) in [6, 6.07) is 2.63. The zero-order valence-electron chi connectivity index (χ0n) is 10.1. The third-order valence-corrected chi connectivity index (χ3v) is 2.95. The fourth-order valence-corrected chi connectivity index (χ4v) is 1.83. The third kappa shape index (κ3) is 3.49. The number of carbonyl (C=O) groups is 2. The largest absolute Gasteiger partial charge is 0.480 e. The molecule has 0 unspecified atom stereocenters. The standard InChI is InChI=1S/C13H13F2NO3/c14-9-3-4-10(11(15)5-9)13(19)16(7-12(17)18)6-8-1-2-8/h3-5,8H,1-2,6-7H2,(H,17,18). The fourth-order valence-electron chi connectivity index (χ4n) is 1.83.